The Morgan fingerprint density at radius 1 is 1.33 bits per heavy atom. The molecular formula is C9H17ClN4O4. The van der Waals surface area contributed by atoms with E-state index in [0.29, 0.717) is 26.2 Å². The van der Waals surface area contributed by atoms with Gasteiger partial charge in [0.05, 0.1) is 19.8 Å². The molecular weight excluding hydrogens is 264 g/mol. The number of aromatic nitrogens is 2. The van der Waals surface area contributed by atoms with E-state index < -0.39 is 4.92 Å². The minimum atomic E-state index is -0.539. The van der Waals surface area contributed by atoms with Crippen LogP contribution in [0.25, 0.3) is 0 Å². The predicted molar refractivity (Wildman–Crippen MR) is 66.7 cm³/mol. The Labute approximate surface area is 110 Å². The van der Waals surface area contributed by atoms with Gasteiger partial charge in [-0.1, -0.05) is 4.98 Å². The van der Waals surface area contributed by atoms with Gasteiger partial charge in [-0.2, -0.15) is 0 Å². The van der Waals surface area contributed by atoms with E-state index in [0.717, 1.165) is 0 Å². The molecule has 0 spiro atoms. The highest BCUT2D eigenvalue weighted by molar-refractivity contribution is 5.85. The van der Waals surface area contributed by atoms with Gasteiger partial charge in [0, 0.05) is 19.6 Å². The first kappa shape index (κ1) is 16.8. The van der Waals surface area contributed by atoms with Crippen molar-refractivity contribution in [2.75, 3.05) is 32.8 Å². The van der Waals surface area contributed by atoms with Crippen LogP contribution >= 0.6 is 12.4 Å². The molecule has 1 rings (SSSR count). The quantitative estimate of drug-likeness (QED) is 0.491. The van der Waals surface area contributed by atoms with Crippen LogP contribution in [0.1, 0.15) is 0 Å². The number of hydrogen-bond donors (Lipinski definition) is 2. The predicted octanol–water partition coefficient (Wildman–Crippen LogP) is -0.500. The standard InChI is InChI=1S/C9H16N4O4.ClH/c14-7-5-11(6-8-15)3-4-12-2-1-10-9(12)13(16)17;/h1-2,14-15H,3-8H2;1H. The molecule has 0 saturated carbocycles. The van der Waals surface area contributed by atoms with Crippen LogP contribution in [0.15, 0.2) is 12.4 Å². The van der Waals surface area contributed by atoms with Gasteiger partial charge in [-0.05, 0) is 4.92 Å². The molecule has 0 saturated heterocycles. The molecule has 0 aliphatic heterocycles. The van der Waals surface area contributed by atoms with Crippen molar-refractivity contribution >= 4 is 18.4 Å². The van der Waals surface area contributed by atoms with Gasteiger partial charge in [-0.3, -0.25) is 4.90 Å². The largest absolute Gasteiger partial charge is 0.434 e. The monoisotopic (exact) mass is 280 g/mol. The lowest BCUT2D eigenvalue weighted by molar-refractivity contribution is -0.396. The minimum absolute atomic E-state index is 0. The van der Waals surface area contributed by atoms with Gasteiger partial charge in [0.15, 0.2) is 0 Å². The first-order valence-electron chi connectivity index (χ1n) is 5.28. The molecule has 9 heteroatoms. The number of rotatable bonds is 8. The molecule has 0 aliphatic carbocycles. The molecule has 0 radical (unpaired) electrons. The third-order valence-electron chi connectivity index (χ3n) is 2.35. The van der Waals surface area contributed by atoms with Crippen molar-refractivity contribution in [1.29, 1.82) is 0 Å². The van der Waals surface area contributed by atoms with Crippen molar-refractivity contribution < 1.29 is 15.1 Å². The van der Waals surface area contributed by atoms with Gasteiger partial charge in [0.2, 0.25) is 0 Å². The highest BCUT2D eigenvalue weighted by Gasteiger charge is 2.14. The molecule has 0 unspecified atom stereocenters. The summed E-state index contributed by atoms with van der Waals surface area (Å²) in [5.41, 5.74) is 0. The first-order valence-corrected chi connectivity index (χ1v) is 5.28. The normalized spacial score (nSPS) is 10.4. The molecule has 2 N–H and O–H groups in total. The Kier molecular flexibility index (Phi) is 8.21. The van der Waals surface area contributed by atoms with E-state index in [4.69, 9.17) is 10.2 Å². The van der Waals surface area contributed by atoms with Gasteiger partial charge in [-0.25, -0.2) is 4.57 Å². The molecule has 1 aromatic rings. The first-order chi connectivity index (χ1) is 8.19. The second-order valence-electron chi connectivity index (χ2n) is 3.47. The maximum Gasteiger partial charge on any atom is 0.434 e. The van der Waals surface area contributed by atoms with Gasteiger partial charge >= 0.3 is 5.95 Å². The summed E-state index contributed by atoms with van der Waals surface area (Å²) in [5.74, 6) is -0.196. The van der Waals surface area contributed by atoms with Gasteiger partial charge < -0.3 is 20.3 Å². The van der Waals surface area contributed by atoms with Crippen molar-refractivity contribution in [3.63, 3.8) is 0 Å². The Hall–Kier alpha value is -1.22. The zero-order chi connectivity index (χ0) is 12.7. The van der Waals surface area contributed by atoms with Crippen LogP contribution in [0.2, 0.25) is 0 Å². The fourth-order valence-electron chi connectivity index (χ4n) is 1.52. The maximum atomic E-state index is 10.6. The third kappa shape index (κ3) is 4.96. The minimum Gasteiger partial charge on any atom is -0.395 e. The summed E-state index contributed by atoms with van der Waals surface area (Å²) in [6, 6.07) is 0. The molecule has 0 aromatic carbocycles. The number of nitrogens with zero attached hydrogens (tertiary/aromatic N) is 4. The highest BCUT2D eigenvalue weighted by Crippen LogP contribution is 2.07. The van der Waals surface area contributed by atoms with Crippen LogP contribution < -0.4 is 0 Å². The second kappa shape index (κ2) is 8.81. The van der Waals surface area contributed by atoms with Crippen LogP contribution in [0.4, 0.5) is 5.95 Å². The average Bonchev–Trinajstić information content (AvgIpc) is 2.74. The van der Waals surface area contributed by atoms with Crippen molar-refractivity contribution in [2.24, 2.45) is 0 Å². The number of halogens is 1. The second-order valence-corrected chi connectivity index (χ2v) is 3.47. The van der Waals surface area contributed by atoms with E-state index in [1.54, 1.807) is 0 Å². The molecule has 8 nitrogen and oxygen atoms in total. The Morgan fingerprint density at radius 2 is 1.94 bits per heavy atom. The molecule has 1 heterocycles. The van der Waals surface area contributed by atoms with Gasteiger partial charge in [0.1, 0.15) is 12.4 Å². The lowest BCUT2D eigenvalue weighted by atomic mass is 10.4. The van der Waals surface area contributed by atoms with E-state index in [1.165, 1.54) is 17.0 Å². The van der Waals surface area contributed by atoms with Crippen molar-refractivity contribution in [1.82, 2.24) is 14.5 Å². The van der Waals surface area contributed by atoms with E-state index in [9.17, 15) is 10.1 Å². The molecule has 0 atom stereocenters. The summed E-state index contributed by atoms with van der Waals surface area (Å²) in [7, 11) is 0. The van der Waals surface area contributed by atoms with E-state index >= 15 is 0 Å². The summed E-state index contributed by atoms with van der Waals surface area (Å²) < 4.78 is 1.43. The van der Waals surface area contributed by atoms with Gasteiger partial charge in [-0.15, -0.1) is 12.4 Å². The smallest absolute Gasteiger partial charge is 0.395 e. The van der Waals surface area contributed by atoms with Crippen LogP contribution in [0, 0.1) is 10.1 Å². The Balaban J connectivity index is 0.00000289. The molecule has 0 amide bonds. The van der Waals surface area contributed by atoms with E-state index in [1.807, 2.05) is 4.90 Å². The average molecular weight is 281 g/mol. The summed E-state index contributed by atoms with van der Waals surface area (Å²) in [6.45, 7) is 1.76. The Bertz CT molecular complexity index is 354. The Morgan fingerprint density at radius 3 is 2.44 bits per heavy atom. The van der Waals surface area contributed by atoms with E-state index in [2.05, 4.69) is 4.98 Å². The summed E-state index contributed by atoms with van der Waals surface area (Å²) in [4.78, 5) is 15.5. The molecule has 1 aromatic heterocycles. The number of aliphatic hydroxyl groups excluding tert-OH is 2. The topological polar surface area (TPSA) is 105 Å². The number of hydrogen-bond acceptors (Lipinski definition) is 6. The summed E-state index contributed by atoms with van der Waals surface area (Å²) in [5, 5.41) is 28.2. The number of imidazole rings is 1. The lowest BCUT2D eigenvalue weighted by Crippen LogP contribution is -2.32. The zero-order valence-corrected chi connectivity index (χ0v) is 10.6. The fourth-order valence-corrected chi connectivity index (χ4v) is 1.52. The highest BCUT2D eigenvalue weighted by atomic mass is 35.5. The summed E-state index contributed by atoms with van der Waals surface area (Å²) in [6.07, 6.45) is 2.91. The molecule has 0 bridgehead atoms. The summed E-state index contributed by atoms with van der Waals surface area (Å²) >= 11 is 0. The van der Waals surface area contributed by atoms with Crippen molar-refractivity contribution in [2.45, 2.75) is 6.54 Å². The molecule has 104 valence electrons. The lowest BCUT2D eigenvalue weighted by Gasteiger charge is -2.19. The zero-order valence-electron chi connectivity index (χ0n) is 9.81. The maximum absolute atomic E-state index is 10.6. The fraction of sp³-hybridized carbons (Fsp3) is 0.667. The van der Waals surface area contributed by atoms with Crippen LogP contribution in [0.5, 0.6) is 0 Å². The van der Waals surface area contributed by atoms with E-state index in [-0.39, 0.29) is 31.6 Å². The van der Waals surface area contributed by atoms with Crippen LogP contribution in [0.3, 0.4) is 0 Å². The third-order valence-corrected chi connectivity index (χ3v) is 2.35. The van der Waals surface area contributed by atoms with Gasteiger partial charge in [0.25, 0.3) is 0 Å². The molecule has 0 fully saturated rings. The van der Waals surface area contributed by atoms with Crippen LogP contribution in [-0.4, -0.2) is 62.4 Å². The van der Waals surface area contributed by atoms with Crippen molar-refractivity contribution in [3.05, 3.63) is 22.5 Å². The molecule has 18 heavy (non-hydrogen) atoms. The number of nitro groups is 1. The SMILES string of the molecule is Cl.O=[N+]([O-])c1nccn1CCN(CCO)CCO. The molecule has 0 aliphatic rings. The van der Waals surface area contributed by atoms with Crippen LogP contribution in [-0.2, 0) is 6.54 Å². The number of aliphatic hydroxyl groups is 2. The van der Waals surface area contributed by atoms with Crippen molar-refractivity contribution in [3.8, 4) is 0 Å².